The molecule has 0 aliphatic rings. The molecule has 0 aliphatic heterocycles. The molecule has 2 rings (SSSR count). The number of benzene rings is 2. The fraction of sp³-hybridized carbons (Fsp3) is 0.263. The minimum atomic E-state index is -0.0570. The number of rotatable bonds is 6. The summed E-state index contributed by atoms with van der Waals surface area (Å²) in [5.41, 5.74) is 3.70. The van der Waals surface area contributed by atoms with Crippen LogP contribution in [0.15, 0.2) is 42.5 Å². The molecule has 0 heterocycles. The molecule has 1 N–H and O–H groups in total. The lowest BCUT2D eigenvalue weighted by atomic mass is 10.1. The average molecular weight is 308 g/mol. The van der Waals surface area contributed by atoms with Gasteiger partial charge >= 0.3 is 0 Å². The van der Waals surface area contributed by atoms with E-state index in [-0.39, 0.29) is 5.91 Å². The second-order valence-electron chi connectivity index (χ2n) is 5.44. The standard InChI is InChI=1S/C19H20N2O2/c1-14-5-10-18(12-15(14)2)23-11-3-4-19(22)21-17-8-6-16(13-20)7-9-17/h5-10,12H,3-4,11H2,1-2H3,(H,21,22). The van der Waals surface area contributed by atoms with Gasteiger partial charge in [-0.15, -0.1) is 0 Å². The zero-order chi connectivity index (χ0) is 16.7. The first kappa shape index (κ1) is 16.6. The van der Waals surface area contributed by atoms with Gasteiger partial charge < -0.3 is 10.1 Å². The molecule has 4 nitrogen and oxygen atoms in total. The second-order valence-corrected chi connectivity index (χ2v) is 5.44. The molecule has 0 aliphatic carbocycles. The monoisotopic (exact) mass is 308 g/mol. The number of carbonyl (C=O) groups excluding carboxylic acids is 1. The van der Waals surface area contributed by atoms with Crippen LogP contribution in [0.5, 0.6) is 5.75 Å². The van der Waals surface area contributed by atoms with Gasteiger partial charge in [0.2, 0.25) is 5.91 Å². The van der Waals surface area contributed by atoms with Crippen LogP contribution < -0.4 is 10.1 Å². The van der Waals surface area contributed by atoms with Crippen LogP contribution in [0.2, 0.25) is 0 Å². The lowest BCUT2D eigenvalue weighted by molar-refractivity contribution is -0.116. The van der Waals surface area contributed by atoms with Gasteiger partial charge in [0.25, 0.3) is 0 Å². The van der Waals surface area contributed by atoms with Gasteiger partial charge in [0.1, 0.15) is 5.75 Å². The van der Waals surface area contributed by atoms with Gasteiger partial charge in [-0.1, -0.05) is 6.07 Å². The number of aryl methyl sites for hydroxylation is 2. The molecule has 0 radical (unpaired) electrons. The fourth-order valence-electron chi connectivity index (χ4n) is 2.08. The van der Waals surface area contributed by atoms with E-state index < -0.39 is 0 Å². The van der Waals surface area contributed by atoms with Crippen molar-refractivity contribution in [3.05, 3.63) is 59.2 Å². The highest BCUT2D eigenvalue weighted by atomic mass is 16.5. The van der Waals surface area contributed by atoms with E-state index in [1.165, 1.54) is 11.1 Å². The Kier molecular flexibility index (Phi) is 5.76. The summed E-state index contributed by atoms with van der Waals surface area (Å²) in [6, 6.07) is 14.8. The van der Waals surface area contributed by atoms with Gasteiger partial charge in [0.15, 0.2) is 0 Å². The summed E-state index contributed by atoms with van der Waals surface area (Å²) in [5.74, 6) is 0.777. The number of anilines is 1. The van der Waals surface area contributed by atoms with Gasteiger partial charge in [-0.3, -0.25) is 4.79 Å². The van der Waals surface area contributed by atoms with E-state index in [2.05, 4.69) is 12.2 Å². The zero-order valence-corrected chi connectivity index (χ0v) is 13.4. The van der Waals surface area contributed by atoms with Gasteiger partial charge in [0, 0.05) is 12.1 Å². The van der Waals surface area contributed by atoms with Gasteiger partial charge in [-0.2, -0.15) is 5.26 Å². The Balaban J connectivity index is 1.72. The number of nitriles is 1. The number of amides is 1. The third kappa shape index (κ3) is 5.15. The van der Waals surface area contributed by atoms with Crippen molar-refractivity contribution in [1.82, 2.24) is 0 Å². The van der Waals surface area contributed by atoms with E-state index in [9.17, 15) is 4.79 Å². The molecule has 2 aromatic carbocycles. The number of hydrogen-bond donors (Lipinski definition) is 1. The SMILES string of the molecule is Cc1ccc(OCCCC(=O)Nc2ccc(C#N)cc2)cc1C. The highest BCUT2D eigenvalue weighted by molar-refractivity contribution is 5.90. The molecule has 2 aromatic rings. The van der Waals surface area contributed by atoms with Crippen LogP contribution in [-0.4, -0.2) is 12.5 Å². The van der Waals surface area contributed by atoms with Crippen LogP contribution in [0.25, 0.3) is 0 Å². The van der Waals surface area contributed by atoms with Crippen LogP contribution in [-0.2, 0) is 4.79 Å². The van der Waals surface area contributed by atoms with Crippen LogP contribution in [0.3, 0.4) is 0 Å². The first-order chi connectivity index (χ1) is 11.1. The largest absolute Gasteiger partial charge is 0.494 e. The molecular weight excluding hydrogens is 288 g/mol. The normalized spacial score (nSPS) is 9.96. The van der Waals surface area contributed by atoms with Crippen LogP contribution >= 0.6 is 0 Å². The Morgan fingerprint density at radius 1 is 1.13 bits per heavy atom. The average Bonchev–Trinajstić information content (AvgIpc) is 2.55. The van der Waals surface area contributed by atoms with Gasteiger partial charge in [-0.05, 0) is 67.8 Å². The summed E-state index contributed by atoms with van der Waals surface area (Å²) >= 11 is 0. The van der Waals surface area contributed by atoms with Crippen molar-refractivity contribution >= 4 is 11.6 Å². The van der Waals surface area contributed by atoms with Crippen molar-refractivity contribution < 1.29 is 9.53 Å². The van der Waals surface area contributed by atoms with Crippen molar-refractivity contribution in [2.75, 3.05) is 11.9 Å². The van der Waals surface area contributed by atoms with Crippen molar-refractivity contribution in [1.29, 1.82) is 5.26 Å². The minimum absolute atomic E-state index is 0.0570. The molecule has 0 aromatic heterocycles. The quantitative estimate of drug-likeness (QED) is 0.821. The number of hydrogen-bond acceptors (Lipinski definition) is 3. The number of nitrogens with one attached hydrogen (secondary N) is 1. The lowest BCUT2D eigenvalue weighted by Gasteiger charge is -2.09. The molecule has 0 spiro atoms. The zero-order valence-electron chi connectivity index (χ0n) is 13.4. The van der Waals surface area contributed by atoms with Gasteiger partial charge in [0.05, 0.1) is 18.2 Å². The maximum absolute atomic E-state index is 11.8. The molecule has 0 unspecified atom stereocenters. The molecule has 23 heavy (non-hydrogen) atoms. The first-order valence-corrected chi connectivity index (χ1v) is 7.58. The molecular formula is C19H20N2O2. The third-order valence-corrected chi connectivity index (χ3v) is 3.59. The van der Waals surface area contributed by atoms with E-state index >= 15 is 0 Å². The highest BCUT2D eigenvalue weighted by Crippen LogP contribution is 2.16. The molecule has 0 saturated heterocycles. The van der Waals surface area contributed by atoms with Crippen molar-refractivity contribution in [3.63, 3.8) is 0 Å². The van der Waals surface area contributed by atoms with Crippen LogP contribution in [0.1, 0.15) is 29.5 Å². The van der Waals surface area contributed by atoms with E-state index in [0.717, 1.165) is 5.75 Å². The van der Waals surface area contributed by atoms with Crippen molar-refractivity contribution in [2.24, 2.45) is 0 Å². The van der Waals surface area contributed by atoms with Crippen LogP contribution in [0, 0.1) is 25.2 Å². The molecule has 118 valence electrons. The second kappa shape index (κ2) is 8.00. The highest BCUT2D eigenvalue weighted by Gasteiger charge is 2.03. The van der Waals surface area contributed by atoms with Crippen LogP contribution in [0.4, 0.5) is 5.69 Å². The number of nitrogens with zero attached hydrogens (tertiary/aromatic N) is 1. The predicted octanol–water partition coefficient (Wildman–Crippen LogP) is 3.97. The Hall–Kier alpha value is -2.80. The fourth-order valence-corrected chi connectivity index (χ4v) is 2.08. The smallest absolute Gasteiger partial charge is 0.224 e. The van der Waals surface area contributed by atoms with E-state index in [1.54, 1.807) is 24.3 Å². The maximum Gasteiger partial charge on any atom is 0.224 e. The van der Waals surface area contributed by atoms with E-state index in [4.69, 9.17) is 10.00 Å². The Morgan fingerprint density at radius 2 is 1.87 bits per heavy atom. The van der Waals surface area contributed by atoms with E-state index in [1.807, 2.05) is 31.2 Å². The summed E-state index contributed by atoms with van der Waals surface area (Å²) in [5, 5.41) is 11.5. The molecule has 4 heteroatoms. The summed E-state index contributed by atoms with van der Waals surface area (Å²) in [6.45, 7) is 4.61. The number of carbonyl (C=O) groups is 1. The summed E-state index contributed by atoms with van der Waals surface area (Å²) in [4.78, 5) is 11.8. The first-order valence-electron chi connectivity index (χ1n) is 7.58. The summed E-state index contributed by atoms with van der Waals surface area (Å²) in [6.07, 6.45) is 1.04. The Labute approximate surface area is 136 Å². The Bertz CT molecular complexity index is 715. The summed E-state index contributed by atoms with van der Waals surface area (Å²) in [7, 11) is 0. The number of ether oxygens (including phenoxy) is 1. The topological polar surface area (TPSA) is 62.1 Å². The molecule has 0 atom stereocenters. The Morgan fingerprint density at radius 3 is 2.52 bits per heavy atom. The maximum atomic E-state index is 11.8. The molecule has 0 bridgehead atoms. The minimum Gasteiger partial charge on any atom is -0.494 e. The van der Waals surface area contributed by atoms with E-state index in [0.29, 0.717) is 30.7 Å². The van der Waals surface area contributed by atoms with Gasteiger partial charge in [-0.25, -0.2) is 0 Å². The predicted molar refractivity (Wildman–Crippen MR) is 90.4 cm³/mol. The molecule has 0 fully saturated rings. The molecule has 0 saturated carbocycles. The third-order valence-electron chi connectivity index (χ3n) is 3.59. The molecule has 1 amide bonds. The van der Waals surface area contributed by atoms with Crippen molar-refractivity contribution in [2.45, 2.75) is 26.7 Å². The summed E-state index contributed by atoms with van der Waals surface area (Å²) < 4.78 is 5.66. The lowest BCUT2D eigenvalue weighted by Crippen LogP contribution is -2.12. The van der Waals surface area contributed by atoms with Crippen molar-refractivity contribution in [3.8, 4) is 11.8 Å².